The summed E-state index contributed by atoms with van der Waals surface area (Å²) in [5, 5.41) is 2.92. The van der Waals surface area contributed by atoms with Gasteiger partial charge in [-0.05, 0) is 30.2 Å². The summed E-state index contributed by atoms with van der Waals surface area (Å²) in [6, 6.07) is 11.3. The molecule has 4 heteroatoms. The number of nitrogens with one attached hydrogen (secondary N) is 1. The van der Waals surface area contributed by atoms with E-state index in [0.717, 1.165) is 24.2 Å². The number of aryl methyl sites for hydroxylation is 1. The molecule has 1 aromatic carbocycles. The number of hydrogen-bond acceptors (Lipinski definition) is 2. The fourth-order valence-corrected chi connectivity index (χ4v) is 2.06. The number of aromatic nitrogens is 1. The van der Waals surface area contributed by atoms with Crippen LogP contribution in [-0.4, -0.2) is 10.5 Å². The standard InChI is InChI=1S/C15H19N3O/c1-2-9-18-10-5-8-14(18)15(19)17-13-7-4-3-6-12(13)11-16/h3-8,10H,2,9,11,16H2,1H3,(H,17,19). The van der Waals surface area contributed by atoms with Crippen LogP contribution in [0.2, 0.25) is 0 Å². The molecule has 3 N–H and O–H groups in total. The molecule has 0 fully saturated rings. The Bertz CT molecular complexity index is 560. The lowest BCUT2D eigenvalue weighted by atomic mass is 10.2. The average Bonchev–Trinajstić information content (AvgIpc) is 2.88. The number of benzene rings is 1. The first kappa shape index (κ1) is 13.4. The van der Waals surface area contributed by atoms with E-state index in [-0.39, 0.29) is 5.91 Å². The zero-order valence-corrected chi connectivity index (χ0v) is 11.1. The first-order valence-electron chi connectivity index (χ1n) is 6.50. The monoisotopic (exact) mass is 257 g/mol. The molecule has 0 aliphatic rings. The highest BCUT2D eigenvalue weighted by atomic mass is 16.1. The van der Waals surface area contributed by atoms with Crippen LogP contribution >= 0.6 is 0 Å². The topological polar surface area (TPSA) is 60.0 Å². The van der Waals surface area contributed by atoms with Gasteiger partial charge in [-0.2, -0.15) is 0 Å². The molecule has 2 rings (SSSR count). The highest BCUT2D eigenvalue weighted by molar-refractivity contribution is 6.03. The summed E-state index contributed by atoms with van der Waals surface area (Å²) in [5.41, 5.74) is 8.05. The van der Waals surface area contributed by atoms with Crippen molar-refractivity contribution in [3.8, 4) is 0 Å². The van der Waals surface area contributed by atoms with Crippen molar-refractivity contribution in [2.45, 2.75) is 26.4 Å². The van der Waals surface area contributed by atoms with Crippen molar-refractivity contribution in [1.82, 2.24) is 4.57 Å². The van der Waals surface area contributed by atoms with E-state index in [2.05, 4.69) is 12.2 Å². The molecule has 0 saturated carbocycles. The van der Waals surface area contributed by atoms with Gasteiger partial charge >= 0.3 is 0 Å². The lowest BCUT2D eigenvalue weighted by Gasteiger charge is -2.11. The number of carbonyl (C=O) groups excluding carboxylic acids is 1. The molecule has 0 aliphatic heterocycles. The maximum absolute atomic E-state index is 12.3. The molecule has 1 aromatic heterocycles. The largest absolute Gasteiger partial charge is 0.344 e. The van der Waals surface area contributed by atoms with Gasteiger partial charge in [0.25, 0.3) is 5.91 Å². The summed E-state index contributed by atoms with van der Waals surface area (Å²) < 4.78 is 1.96. The van der Waals surface area contributed by atoms with Gasteiger partial charge in [0.1, 0.15) is 5.69 Å². The molecule has 0 unspecified atom stereocenters. The average molecular weight is 257 g/mol. The van der Waals surface area contributed by atoms with Crippen LogP contribution < -0.4 is 11.1 Å². The van der Waals surface area contributed by atoms with Crippen molar-refractivity contribution in [2.24, 2.45) is 5.73 Å². The van der Waals surface area contributed by atoms with Gasteiger partial charge in [-0.1, -0.05) is 25.1 Å². The van der Waals surface area contributed by atoms with Crippen LogP contribution in [0.4, 0.5) is 5.69 Å². The molecule has 100 valence electrons. The highest BCUT2D eigenvalue weighted by Gasteiger charge is 2.11. The van der Waals surface area contributed by atoms with Gasteiger partial charge in [0, 0.05) is 25.0 Å². The van der Waals surface area contributed by atoms with Crippen molar-refractivity contribution in [1.29, 1.82) is 0 Å². The Hall–Kier alpha value is -2.07. The highest BCUT2D eigenvalue weighted by Crippen LogP contribution is 2.16. The van der Waals surface area contributed by atoms with E-state index >= 15 is 0 Å². The lowest BCUT2D eigenvalue weighted by Crippen LogP contribution is -2.18. The van der Waals surface area contributed by atoms with Gasteiger partial charge in [-0.15, -0.1) is 0 Å². The van der Waals surface area contributed by atoms with E-state index in [0.29, 0.717) is 12.2 Å². The molecule has 0 aliphatic carbocycles. The molecule has 0 radical (unpaired) electrons. The summed E-state index contributed by atoms with van der Waals surface area (Å²) in [4.78, 5) is 12.3. The number of rotatable bonds is 5. The van der Waals surface area contributed by atoms with Gasteiger partial charge in [0.2, 0.25) is 0 Å². The van der Waals surface area contributed by atoms with Crippen molar-refractivity contribution in [3.05, 3.63) is 53.9 Å². The molecule has 0 spiro atoms. The normalized spacial score (nSPS) is 10.4. The number of hydrogen-bond donors (Lipinski definition) is 2. The molecule has 1 heterocycles. The van der Waals surface area contributed by atoms with Crippen molar-refractivity contribution in [2.75, 3.05) is 5.32 Å². The Morgan fingerprint density at radius 3 is 2.79 bits per heavy atom. The van der Waals surface area contributed by atoms with Crippen LogP contribution in [0.5, 0.6) is 0 Å². The molecule has 1 amide bonds. The summed E-state index contributed by atoms with van der Waals surface area (Å²) in [6.45, 7) is 3.34. The maximum atomic E-state index is 12.3. The Morgan fingerprint density at radius 2 is 2.05 bits per heavy atom. The van der Waals surface area contributed by atoms with Gasteiger partial charge in [0.05, 0.1) is 0 Å². The molecular formula is C15H19N3O. The number of anilines is 1. The first-order valence-corrected chi connectivity index (χ1v) is 6.50. The van der Waals surface area contributed by atoms with E-state index in [1.54, 1.807) is 0 Å². The fourth-order valence-electron chi connectivity index (χ4n) is 2.06. The van der Waals surface area contributed by atoms with E-state index < -0.39 is 0 Å². The maximum Gasteiger partial charge on any atom is 0.272 e. The molecular weight excluding hydrogens is 238 g/mol. The Kier molecular flexibility index (Phi) is 4.36. The molecule has 0 saturated heterocycles. The van der Waals surface area contributed by atoms with Crippen molar-refractivity contribution < 1.29 is 4.79 Å². The number of para-hydroxylation sites is 1. The minimum Gasteiger partial charge on any atom is -0.344 e. The van der Waals surface area contributed by atoms with E-state index in [4.69, 9.17) is 5.73 Å². The number of amides is 1. The molecule has 4 nitrogen and oxygen atoms in total. The Labute approximate surface area is 113 Å². The minimum atomic E-state index is -0.0978. The van der Waals surface area contributed by atoms with E-state index in [1.165, 1.54) is 0 Å². The molecule has 0 bridgehead atoms. The third-order valence-corrected chi connectivity index (χ3v) is 3.01. The predicted octanol–water partition coefficient (Wildman–Crippen LogP) is 2.61. The van der Waals surface area contributed by atoms with Crippen LogP contribution in [0, 0.1) is 0 Å². The smallest absolute Gasteiger partial charge is 0.272 e. The third kappa shape index (κ3) is 3.03. The van der Waals surface area contributed by atoms with Gasteiger partial charge in [-0.25, -0.2) is 0 Å². The van der Waals surface area contributed by atoms with Crippen LogP contribution in [0.25, 0.3) is 0 Å². The van der Waals surface area contributed by atoms with Crippen LogP contribution in [0.3, 0.4) is 0 Å². The number of nitrogens with two attached hydrogens (primary N) is 1. The van der Waals surface area contributed by atoms with Gasteiger partial charge < -0.3 is 15.6 Å². The second kappa shape index (κ2) is 6.20. The van der Waals surface area contributed by atoms with Crippen molar-refractivity contribution >= 4 is 11.6 Å². The fraction of sp³-hybridized carbons (Fsp3) is 0.267. The minimum absolute atomic E-state index is 0.0978. The second-order valence-electron chi connectivity index (χ2n) is 4.40. The zero-order valence-electron chi connectivity index (χ0n) is 11.1. The summed E-state index contributed by atoms with van der Waals surface area (Å²) in [5.74, 6) is -0.0978. The van der Waals surface area contributed by atoms with Crippen LogP contribution in [0.1, 0.15) is 29.4 Å². The van der Waals surface area contributed by atoms with E-state index in [9.17, 15) is 4.79 Å². The quantitative estimate of drug-likeness (QED) is 0.865. The summed E-state index contributed by atoms with van der Waals surface area (Å²) >= 11 is 0. The third-order valence-electron chi connectivity index (χ3n) is 3.01. The zero-order chi connectivity index (χ0) is 13.7. The predicted molar refractivity (Wildman–Crippen MR) is 77.0 cm³/mol. The molecule has 19 heavy (non-hydrogen) atoms. The molecule has 2 aromatic rings. The Morgan fingerprint density at radius 1 is 1.26 bits per heavy atom. The SMILES string of the molecule is CCCn1cccc1C(=O)Nc1ccccc1CN. The second-order valence-corrected chi connectivity index (χ2v) is 4.40. The lowest BCUT2D eigenvalue weighted by molar-refractivity contribution is 0.101. The van der Waals surface area contributed by atoms with Crippen LogP contribution in [-0.2, 0) is 13.1 Å². The number of carbonyl (C=O) groups is 1. The molecule has 0 atom stereocenters. The van der Waals surface area contributed by atoms with E-state index in [1.807, 2.05) is 47.2 Å². The summed E-state index contributed by atoms with van der Waals surface area (Å²) in [6.07, 6.45) is 2.92. The summed E-state index contributed by atoms with van der Waals surface area (Å²) in [7, 11) is 0. The van der Waals surface area contributed by atoms with Gasteiger partial charge in [-0.3, -0.25) is 4.79 Å². The first-order chi connectivity index (χ1) is 9.26. The number of nitrogens with zero attached hydrogens (tertiary/aromatic N) is 1. The Balaban J connectivity index is 2.18. The van der Waals surface area contributed by atoms with Crippen molar-refractivity contribution in [3.63, 3.8) is 0 Å². The van der Waals surface area contributed by atoms with Gasteiger partial charge in [0.15, 0.2) is 0 Å². The van der Waals surface area contributed by atoms with Crippen LogP contribution in [0.15, 0.2) is 42.6 Å².